The molecule has 0 aromatic heterocycles. The zero-order valence-electron chi connectivity index (χ0n) is 12.3. The number of nitro benzene ring substituents is 1. The van der Waals surface area contributed by atoms with Crippen molar-refractivity contribution in [1.82, 2.24) is 10.2 Å². The number of nitro groups is 1. The molecule has 0 spiro atoms. The van der Waals surface area contributed by atoms with Crippen molar-refractivity contribution in [3.05, 3.63) is 33.9 Å². The van der Waals surface area contributed by atoms with E-state index < -0.39 is 4.92 Å². The van der Waals surface area contributed by atoms with Crippen LogP contribution < -0.4 is 10.2 Å². The van der Waals surface area contributed by atoms with Crippen molar-refractivity contribution in [3.8, 4) is 0 Å². The number of amides is 1. The third kappa shape index (κ3) is 3.69. The highest BCUT2D eigenvalue weighted by molar-refractivity contribution is 5.82. The van der Waals surface area contributed by atoms with Crippen LogP contribution in [0.1, 0.15) is 5.56 Å². The molecule has 7 nitrogen and oxygen atoms in total. The molecule has 0 saturated carbocycles. The van der Waals surface area contributed by atoms with E-state index in [1.54, 1.807) is 22.9 Å². The van der Waals surface area contributed by atoms with Gasteiger partial charge in [0.05, 0.1) is 11.5 Å². The van der Waals surface area contributed by atoms with Crippen LogP contribution in [0.5, 0.6) is 0 Å². The largest absolute Gasteiger partial charge is 0.360 e. The summed E-state index contributed by atoms with van der Waals surface area (Å²) < 4.78 is 0. The van der Waals surface area contributed by atoms with Crippen molar-refractivity contribution < 1.29 is 9.72 Å². The first-order chi connectivity index (χ1) is 9.99. The molecule has 2 rings (SSSR count). The number of benzene rings is 1. The monoisotopic (exact) mass is 292 g/mol. The zero-order chi connectivity index (χ0) is 15.4. The Morgan fingerprint density at radius 3 is 2.71 bits per heavy atom. The zero-order valence-corrected chi connectivity index (χ0v) is 12.3. The predicted molar refractivity (Wildman–Crippen MR) is 80.6 cm³/mol. The maximum Gasteiger partial charge on any atom is 0.292 e. The van der Waals surface area contributed by atoms with E-state index in [1.165, 1.54) is 6.07 Å². The van der Waals surface area contributed by atoms with Crippen molar-refractivity contribution in [2.24, 2.45) is 0 Å². The van der Waals surface area contributed by atoms with Gasteiger partial charge < -0.3 is 15.1 Å². The van der Waals surface area contributed by atoms with Crippen LogP contribution in [0.2, 0.25) is 0 Å². The van der Waals surface area contributed by atoms with Crippen molar-refractivity contribution in [3.63, 3.8) is 0 Å². The number of nitrogens with one attached hydrogen (secondary N) is 1. The maximum atomic E-state index is 12.2. The Bertz CT molecular complexity index is 541. The number of carbonyl (C=O) groups excluding carboxylic acids is 1. The van der Waals surface area contributed by atoms with Gasteiger partial charge in [-0.25, -0.2) is 0 Å². The van der Waals surface area contributed by atoms with Gasteiger partial charge in [0, 0.05) is 39.3 Å². The molecule has 1 fully saturated rings. The summed E-state index contributed by atoms with van der Waals surface area (Å²) in [6.45, 7) is 4.90. The number of aryl methyl sites for hydroxylation is 1. The highest BCUT2D eigenvalue weighted by Crippen LogP contribution is 2.28. The molecule has 1 N–H and O–H groups in total. The molecule has 1 aliphatic rings. The molecule has 0 radical (unpaired) electrons. The third-order valence-electron chi connectivity index (χ3n) is 3.58. The Morgan fingerprint density at radius 1 is 1.43 bits per heavy atom. The lowest BCUT2D eigenvalue weighted by Crippen LogP contribution is -2.49. The first kappa shape index (κ1) is 15.2. The normalized spacial score (nSPS) is 14.9. The number of hydrogen-bond donors (Lipinski definition) is 1. The summed E-state index contributed by atoms with van der Waals surface area (Å²) in [6.07, 6.45) is 0. The molecule has 0 aliphatic carbocycles. The second-order valence-electron chi connectivity index (χ2n) is 5.24. The topological polar surface area (TPSA) is 78.7 Å². The molecule has 1 aliphatic heterocycles. The van der Waals surface area contributed by atoms with Crippen molar-refractivity contribution >= 4 is 17.3 Å². The summed E-state index contributed by atoms with van der Waals surface area (Å²) in [6, 6.07) is 5.04. The van der Waals surface area contributed by atoms with Crippen molar-refractivity contribution in [2.45, 2.75) is 6.92 Å². The molecule has 1 saturated heterocycles. The fourth-order valence-corrected chi connectivity index (χ4v) is 2.40. The van der Waals surface area contributed by atoms with E-state index in [4.69, 9.17) is 0 Å². The Kier molecular flexibility index (Phi) is 4.74. The Labute approximate surface area is 123 Å². The third-order valence-corrected chi connectivity index (χ3v) is 3.58. The molecule has 1 aromatic rings. The smallest absolute Gasteiger partial charge is 0.292 e. The van der Waals surface area contributed by atoms with Crippen molar-refractivity contribution in [2.75, 3.05) is 44.7 Å². The minimum Gasteiger partial charge on any atom is -0.360 e. The highest BCUT2D eigenvalue weighted by atomic mass is 16.6. The maximum absolute atomic E-state index is 12.2. The van der Waals surface area contributed by atoms with Gasteiger partial charge >= 0.3 is 0 Å². The van der Waals surface area contributed by atoms with Crippen LogP contribution in [0.3, 0.4) is 0 Å². The van der Waals surface area contributed by atoms with Crippen LogP contribution in [-0.4, -0.2) is 55.5 Å². The molecule has 0 atom stereocenters. The van der Waals surface area contributed by atoms with Gasteiger partial charge in [-0.1, -0.05) is 6.07 Å². The SMILES string of the molecule is Cc1ccc(N(C)CC(=O)N2CCNCC2)c([N+](=O)[O-])c1. The fraction of sp³-hybridized carbons (Fsp3) is 0.500. The molecule has 21 heavy (non-hydrogen) atoms. The molecule has 114 valence electrons. The summed E-state index contributed by atoms with van der Waals surface area (Å²) >= 11 is 0. The Morgan fingerprint density at radius 2 is 2.10 bits per heavy atom. The molecular formula is C14H20N4O3. The molecule has 0 unspecified atom stereocenters. The number of anilines is 1. The van der Waals surface area contributed by atoms with Gasteiger partial charge in [0.2, 0.25) is 5.91 Å². The summed E-state index contributed by atoms with van der Waals surface area (Å²) in [5.74, 6) is -0.00567. The van der Waals surface area contributed by atoms with Gasteiger partial charge in [0.1, 0.15) is 5.69 Å². The molecule has 0 bridgehead atoms. The summed E-state index contributed by atoms with van der Waals surface area (Å²) in [5.41, 5.74) is 1.33. The molecule has 1 aromatic carbocycles. The number of rotatable bonds is 4. The lowest BCUT2D eigenvalue weighted by Gasteiger charge is -2.29. The van der Waals surface area contributed by atoms with E-state index >= 15 is 0 Å². The highest BCUT2D eigenvalue weighted by Gasteiger charge is 2.22. The second kappa shape index (κ2) is 6.53. The number of hydrogen-bond acceptors (Lipinski definition) is 5. The van der Waals surface area contributed by atoms with Gasteiger partial charge in [-0.3, -0.25) is 14.9 Å². The molecule has 7 heteroatoms. The lowest BCUT2D eigenvalue weighted by atomic mass is 10.2. The fourth-order valence-electron chi connectivity index (χ4n) is 2.40. The number of carbonyl (C=O) groups is 1. The standard InChI is InChI=1S/C14H20N4O3/c1-11-3-4-12(13(9-11)18(20)21)16(2)10-14(19)17-7-5-15-6-8-17/h3-4,9,15H,5-8,10H2,1-2H3. The summed E-state index contributed by atoms with van der Waals surface area (Å²) in [7, 11) is 1.71. The first-order valence-electron chi connectivity index (χ1n) is 6.93. The molecule has 1 amide bonds. The van der Waals surface area contributed by atoms with Crippen LogP contribution >= 0.6 is 0 Å². The van der Waals surface area contributed by atoms with Crippen LogP contribution in [0.15, 0.2) is 18.2 Å². The average molecular weight is 292 g/mol. The van der Waals surface area contributed by atoms with E-state index in [0.29, 0.717) is 18.8 Å². The van der Waals surface area contributed by atoms with Crippen molar-refractivity contribution in [1.29, 1.82) is 0 Å². The van der Waals surface area contributed by atoms with Gasteiger partial charge in [-0.05, 0) is 18.6 Å². The number of nitrogens with zero attached hydrogens (tertiary/aromatic N) is 3. The first-order valence-corrected chi connectivity index (χ1v) is 6.93. The van der Waals surface area contributed by atoms with Crippen LogP contribution in [-0.2, 0) is 4.79 Å². The number of piperazine rings is 1. The lowest BCUT2D eigenvalue weighted by molar-refractivity contribution is -0.384. The van der Waals surface area contributed by atoms with E-state index in [9.17, 15) is 14.9 Å². The van der Waals surface area contributed by atoms with Crippen LogP contribution in [0.4, 0.5) is 11.4 Å². The quantitative estimate of drug-likeness (QED) is 0.655. The minimum absolute atomic E-state index is 0.00567. The Balaban J connectivity index is 2.11. The van der Waals surface area contributed by atoms with Gasteiger partial charge in [-0.15, -0.1) is 0 Å². The second-order valence-corrected chi connectivity index (χ2v) is 5.24. The van der Waals surface area contributed by atoms with E-state index in [2.05, 4.69) is 5.32 Å². The number of likely N-dealkylation sites (N-methyl/N-ethyl adjacent to an activating group) is 1. The van der Waals surface area contributed by atoms with E-state index in [1.807, 2.05) is 13.0 Å². The van der Waals surface area contributed by atoms with Crippen LogP contribution in [0.25, 0.3) is 0 Å². The van der Waals surface area contributed by atoms with E-state index in [0.717, 1.165) is 18.7 Å². The average Bonchev–Trinajstić information content (AvgIpc) is 2.47. The van der Waals surface area contributed by atoms with Gasteiger partial charge in [0.25, 0.3) is 5.69 Å². The molecule has 1 heterocycles. The Hall–Kier alpha value is -2.15. The summed E-state index contributed by atoms with van der Waals surface area (Å²) in [5, 5.41) is 14.3. The minimum atomic E-state index is -0.409. The molecular weight excluding hydrogens is 272 g/mol. The summed E-state index contributed by atoms with van der Waals surface area (Å²) in [4.78, 5) is 26.4. The predicted octanol–water partition coefficient (Wildman–Crippen LogP) is 0.771. The van der Waals surface area contributed by atoms with Crippen LogP contribution in [0, 0.1) is 17.0 Å². The van der Waals surface area contributed by atoms with Gasteiger partial charge in [-0.2, -0.15) is 0 Å². The van der Waals surface area contributed by atoms with E-state index in [-0.39, 0.29) is 18.1 Å². The van der Waals surface area contributed by atoms with Gasteiger partial charge in [0.15, 0.2) is 0 Å².